The molecule has 0 unspecified atom stereocenters. The maximum atomic E-state index is 12.9. The molecule has 134 valence electrons. The van der Waals surface area contributed by atoms with Gasteiger partial charge in [0.2, 0.25) is 5.95 Å². The second kappa shape index (κ2) is 8.40. The van der Waals surface area contributed by atoms with Crippen LogP contribution in [0.5, 0.6) is 11.8 Å². The van der Waals surface area contributed by atoms with E-state index < -0.39 is 12.6 Å². The molecule has 0 aliphatic heterocycles. The lowest BCUT2D eigenvalue weighted by molar-refractivity contribution is -0.0497. The van der Waals surface area contributed by atoms with Crippen LogP contribution in [0.4, 0.5) is 18.9 Å². The summed E-state index contributed by atoms with van der Waals surface area (Å²) in [6.07, 6.45) is 2.46. The monoisotopic (exact) mass is 375 g/mol. The minimum Gasteiger partial charge on any atom is -0.457 e. The van der Waals surface area contributed by atoms with Gasteiger partial charge in [0.1, 0.15) is 12.4 Å². The van der Waals surface area contributed by atoms with Crippen molar-refractivity contribution in [1.82, 2.24) is 9.97 Å². The first-order valence-electron chi connectivity index (χ1n) is 6.71. The highest BCUT2D eigenvalue weighted by Crippen LogP contribution is 2.30. The van der Waals surface area contributed by atoms with Crippen LogP contribution in [-0.4, -0.2) is 23.2 Å². The number of alkyl halides is 2. The highest BCUT2D eigenvalue weighted by Gasteiger charge is 2.11. The van der Waals surface area contributed by atoms with Gasteiger partial charge in [-0.25, -0.2) is 10.8 Å². The van der Waals surface area contributed by atoms with Gasteiger partial charge in [-0.3, -0.25) is 5.01 Å². The van der Waals surface area contributed by atoms with E-state index in [-0.39, 0.29) is 34.8 Å². The highest BCUT2D eigenvalue weighted by atomic mass is 35.5. The first-order valence-corrected chi connectivity index (χ1v) is 7.08. The molecule has 4 N–H and O–H groups in total. The third kappa shape index (κ3) is 5.69. The number of hydrogen-bond donors (Lipinski definition) is 2. The van der Waals surface area contributed by atoms with E-state index in [0.717, 1.165) is 11.1 Å². The Morgan fingerprint density at radius 3 is 2.80 bits per heavy atom. The molecule has 0 radical (unpaired) electrons. The summed E-state index contributed by atoms with van der Waals surface area (Å²) in [5.41, 5.74) is 6.16. The number of halogens is 4. The number of aromatic nitrogens is 2. The zero-order valence-corrected chi connectivity index (χ0v) is 13.3. The quantitative estimate of drug-likeness (QED) is 0.435. The topological polar surface area (TPSA) is 99.5 Å². The van der Waals surface area contributed by atoms with Gasteiger partial charge in [-0.1, -0.05) is 11.6 Å². The maximum Gasteiger partial charge on any atom is 0.387 e. The Morgan fingerprint density at radius 2 is 2.12 bits per heavy atom. The van der Waals surface area contributed by atoms with Gasteiger partial charge in [-0.05, 0) is 12.1 Å². The molecule has 0 saturated carbocycles. The molecule has 0 aliphatic carbocycles. The van der Waals surface area contributed by atoms with E-state index in [2.05, 4.69) is 14.7 Å². The van der Waals surface area contributed by atoms with Crippen molar-refractivity contribution in [2.24, 2.45) is 11.6 Å². The van der Waals surface area contributed by atoms with E-state index in [1.54, 1.807) is 0 Å². The summed E-state index contributed by atoms with van der Waals surface area (Å²) in [5.74, 6) is 4.80. The zero-order chi connectivity index (χ0) is 18.4. The Bertz CT molecular complexity index is 763. The van der Waals surface area contributed by atoms with Crippen molar-refractivity contribution >= 4 is 17.3 Å². The molecule has 7 nitrogen and oxygen atoms in total. The van der Waals surface area contributed by atoms with Crippen molar-refractivity contribution in [2.45, 2.75) is 6.61 Å². The molecule has 0 bridgehead atoms. The molecule has 1 heterocycles. The van der Waals surface area contributed by atoms with Crippen LogP contribution in [0.15, 0.2) is 42.4 Å². The summed E-state index contributed by atoms with van der Waals surface area (Å²) >= 11 is 5.76. The molecule has 25 heavy (non-hydrogen) atoms. The first kappa shape index (κ1) is 18.6. The van der Waals surface area contributed by atoms with Crippen LogP contribution in [0.3, 0.4) is 0 Å². The van der Waals surface area contributed by atoms with E-state index >= 15 is 0 Å². The molecule has 0 fully saturated rings. The van der Waals surface area contributed by atoms with Crippen LogP contribution in [-0.2, 0) is 0 Å². The maximum absolute atomic E-state index is 12.9. The van der Waals surface area contributed by atoms with E-state index in [1.165, 1.54) is 30.6 Å². The molecule has 0 saturated heterocycles. The second-order valence-corrected chi connectivity index (χ2v) is 4.96. The Labute approximate surface area is 145 Å². The molecular weight excluding hydrogens is 363 g/mol. The van der Waals surface area contributed by atoms with Crippen molar-refractivity contribution < 1.29 is 22.6 Å². The third-order valence-corrected chi connectivity index (χ3v) is 3.01. The smallest absolute Gasteiger partial charge is 0.387 e. The number of nitrogens with two attached hydrogens (primary N) is 2. The Kier molecular flexibility index (Phi) is 6.25. The van der Waals surface area contributed by atoms with Crippen molar-refractivity contribution in [3.63, 3.8) is 0 Å². The van der Waals surface area contributed by atoms with Crippen LogP contribution >= 0.6 is 11.6 Å². The van der Waals surface area contributed by atoms with Crippen molar-refractivity contribution in [3.05, 3.63) is 53.3 Å². The lowest BCUT2D eigenvalue weighted by Gasteiger charge is -2.17. The Balaban J connectivity index is 2.04. The van der Waals surface area contributed by atoms with Crippen molar-refractivity contribution in [1.29, 1.82) is 0 Å². The average molecular weight is 376 g/mol. The first-order chi connectivity index (χ1) is 11.8. The third-order valence-electron chi connectivity index (χ3n) is 2.70. The predicted molar refractivity (Wildman–Crippen MR) is 84.5 cm³/mol. The van der Waals surface area contributed by atoms with E-state index in [0.29, 0.717) is 0 Å². The minimum atomic E-state index is -3.03. The Hall–Kier alpha value is -2.72. The summed E-state index contributed by atoms with van der Waals surface area (Å²) in [5, 5.41) is 1.06. The number of benzene rings is 1. The number of hydrogen-bond acceptors (Lipinski definition) is 7. The summed E-state index contributed by atoms with van der Waals surface area (Å²) in [7, 11) is 0. The summed E-state index contributed by atoms with van der Waals surface area (Å²) in [4.78, 5) is 7.10. The number of nitrogens with zero attached hydrogens (tertiary/aromatic N) is 3. The van der Waals surface area contributed by atoms with Crippen LogP contribution < -0.4 is 26.1 Å². The average Bonchev–Trinajstić information content (AvgIpc) is 2.54. The van der Waals surface area contributed by atoms with Gasteiger partial charge < -0.3 is 15.2 Å². The molecule has 0 aliphatic rings. The Morgan fingerprint density at radius 1 is 1.36 bits per heavy atom. The molecule has 11 heteroatoms. The number of ether oxygens (including phenoxy) is 2. The summed E-state index contributed by atoms with van der Waals surface area (Å²) in [6, 6.07) is 4.90. The SMILES string of the molecule is N/C(=C\N(N)c1ccc(Cl)c(OC(F)F)c1)COc1nccc(F)n1. The van der Waals surface area contributed by atoms with Crippen molar-refractivity contribution in [2.75, 3.05) is 11.6 Å². The lowest BCUT2D eigenvalue weighted by atomic mass is 10.3. The summed E-state index contributed by atoms with van der Waals surface area (Å²) < 4.78 is 46.9. The fourth-order valence-corrected chi connectivity index (χ4v) is 1.83. The van der Waals surface area contributed by atoms with E-state index in [9.17, 15) is 13.2 Å². The van der Waals surface area contributed by atoms with Gasteiger partial charge in [0.25, 0.3) is 0 Å². The fourth-order valence-electron chi connectivity index (χ4n) is 1.67. The van der Waals surface area contributed by atoms with Gasteiger partial charge in [0.15, 0.2) is 0 Å². The van der Waals surface area contributed by atoms with Gasteiger partial charge in [-0.2, -0.15) is 18.2 Å². The zero-order valence-electron chi connectivity index (χ0n) is 12.6. The number of rotatable bonds is 7. The van der Waals surface area contributed by atoms with Crippen LogP contribution in [0, 0.1) is 5.95 Å². The molecule has 0 atom stereocenters. The van der Waals surface area contributed by atoms with Gasteiger partial charge in [0.05, 0.1) is 16.4 Å². The molecular formula is C14H13ClF3N5O2. The van der Waals surface area contributed by atoms with Gasteiger partial charge in [0, 0.05) is 24.5 Å². The molecule has 2 rings (SSSR count). The summed E-state index contributed by atoms with van der Waals surface area (Å²) in [6.45, 7) is -3.20. The molecule has 1 aromatic carbocycles. The predicted octanol–water partition coefficient (Wildman–Crippen LogP) is 2.43. The standard InChI is InChI=1S/C14H13ClF3N5O2/c15-10-2-1-9(5-11(10)25-13(17)18)23(20)6-8(19)7-24-14-21-4-3-12(16)22-14/h1-6,13H,7,19-20H2/b8-6-. The molecule has 1 aromatic heterocycles. The number of hydrazine groups is 1. The van der Waals surface area contributed by atoms with E-state index in [4.69, 9.17) is 27.9 Å². The van der Waals surface area contributed by atoms with Gasteiger partial charge >= 0.3 is 12.6 Å². The molecule has 0 spiro atoms. The highest BCUT2D eigenvalue weighted by molar-refractivity contribution is 6.32. The van der Waals surface area contributed by atoms with Crippen LogP contribution in [0.1, 0.15) is 0 Å². The van der Waals surface area contributed by atoms with Crippen LogP contribution in [0.2, 0.25) is 5.02 Å². The second-order valence-electron chi connectivity index (χ2n) is 4.56. The number of anilines is 1. The van der Waals surface area contributed by atoms with Crippen LogP contribution in [0.25, 0.3) is 0 Å². The van der Waals surface area contributed by atoms with E-state index in [1.807, 2.05) is 0 Å². The molecule has 0 amide bonds. The lowest BCUT2D eigenvalue weighted by Crippen LogP contribution is -2.27. The minimum absolute atomic E-state index is 0.000915. The normalized spacial score (nSPS) is 11.5. The van der Waals surface area contributed by atoms with Crippen molar-refractivity contribution in [3.8, 4) is 11.8 Å². The largest absolute Gasteiger partial charge is 0.457 e. The fraction of sp³-hybridized carbons (Fsp3) is 0.143. The molecule has 2 aromatic rings. The van der Waals surface area contributed by atoms with Gasteiger partial charge in [-0.15, -0.1) is 0 Å².